The summed E-state index contributed by atoms with van der Waals surface area (Å²) in [5.74, 6) is 0.392. The van der Waals surface area contributed by atoms with Gasteiger partial charge >= 0.3 is 0 Å². The lowest BCUT2D eigenvalue weighted by atomic mass is 10.2. The number of nitrogens with one attached hydrogen (secondary N) is 1. The summed E-state index contributed by atoms with van der Waals surface area (Å²) in [4.78, 5) is 14.2. The van der Waals surface area contributed by atoms with E-state index in [-0.39, 0.29) is 5.91 Å². The van der Waals surface area contributed by atoms with Crippen LogP contribution in [0.15, 0.2) is 41.5 Å². The molecule has 4 nitrogen and oxygen atoms in total. The van der Waals surface area contributed by atoms with Crippen LogP contribution in [-0.4, -0.2) is 18.7 Å². The van der Waals surface area contributed by atoms with Crippen molar-refractivity contribution in [2.45, 2.75) is 13.8 Å². The molecule has 0 atom stereocenters. The summed E-state index contributed by atoms with van der Waals surface area (Å²) in [7, 11) is 1.57. The summed E-state index contributed by atoms with van der Waals surface area (Å²) in [5, 5.41) is 4.13. The highest BCUT2D eigenvalue weighted by Gasteiger charge is 2.06. The number of hydrogen-bond donors (Lipinski definition) is 1. The molecule has 5 heteroatoms. The molecule has 0 aliphatic rings. The van der Waals surface area contributed by atoms with Gasteiger partial charge in [0.05, 0.1) is 17.7 Å². The van der Waals surface area contributed by atoms with Crippen molar-refractivity contribution in [3.63, 3.8) is 0 Å². The zero-order chi connectivity index (χ0) is 14.5. The molecular formula is C15H16N2O2S. The van der Waals surface area contributed by atoms with Crippen LogP contribution >= 0.6 is 11.3 Å². The SMILES string of the molecule is COc1cccc(C(=O)NN=C(C)c2ccc(C)s2)c1. The number of rotatable bonds is 4. The van der Waals surface area contributed by atoms with Crippen LogP contribution in [0, 0.1) is 6.92 Å². The molecule has 1 aromatic carbocycles. The van der Waals surface area contributed by atoms with E-state index in [2.05, 4.69) is 10.5 Å². The van der Waals surface area contributed by atoms with E-state index in [1.165, 1.54) is 4.88 Å². The van der Waals surface area contributed by atoms with Crippen molar-refractivity contribution in [3.05, 3.63) is 51.7 Å². The van der Waals surface area contributed by atoms with Gasteiger partial charge in [-0.1, -0.05) is 6.07 Å². The number of aryl methyl sites for hydroxylation is 1. The van der Waals surface area contributed by atoms with E-state index in [1.54, 1.807) is 42.7 Å². The molecule has 2 rings (SSSR count). The van der Waals surface area contributed by atoms with Crippen LogP contribution < -0.4 is 10.2 Å². The normalized spacial score (nSPS) is 11.2. The average molecular weight is 288 g/mol. The van der Waals surface area contributed by atoms with Crippen molar-refractivity contribution in [2.24, 2.45) is 5.10 Å². The third-order valence-electron chi connectivity index (χ3n) is 2.75. The molecule has 2 aromatic rings. The fourth-order valence-corrected chi connectivity index (χ4v) is 2.46. The first-order chi connectivity index (χ1) is 9.60. The second-order valence-corrected chi connectivity index (χ2v) is 5.57. The Morgan fingerprint density at radius 1 is 1.30 bits per heavy atom. The number of amides is 1. The van der Waals surface area contributed by atoms with Crippen molar-refractivity contribution in [2.75, 3.05) is 7.11 Å². The maximum Gasteiger partial charge on any atom is 0.271 e. The molecule has 0 radical (unpaired) electrons. The van der Waals surface area contributed by atoms with Gasteiger partial charge in [0, 0.05) is 10.4 Å². The van der Waals surface area contributed by atoms with Crippen molar-refractivity contribution >= 4 is 23.0 Å². The summed E-state index contributed by atoms with van der Waals surface area (Å²) in [6.07, 6.45) is 0. The van der Waals surface area contributed by atoms with Crippen molar-refractivity contribution in [1.29, 1.82) is 0 Å². The Hall–Kier alpha value is -2.14. The van der Waals surface area contributed by atoms with E-state index in [4.69, 9.17) is 4.74 Å². The summed E-state index contributed by atoms with van der Waals surface area (Å²) < 4.78 is 5.09. The van der Waals surface area contributed by atoms with Gasteiger partial charge in [-0.05, 0) is 44.2 Å². The van der Waals surface area contributed by atoms with E-state index in [9.17, 15) is 4.79 Å². The molecule has 0 unspecified atom stereocenters. The fourth-order valence-electron chi connectivity index (χ4n) is 1.65. The van der Waals surface area contributed by atoms with Crippen LogP contribution in [0.4, 0.5) is 0 Å². The Bertz CT molecular complexity index is 647. The maximum absolute atomic E-state index is 12.0. The molecule has 1 amide bonds. The second kappa shape index (κ2) is 6.34. The number of hydrazone groups is 1. The number of thiophene rings is 1. The number of ether oxygens (including phenoxy) is 1. The minimum Gasteiger partial charge on any atom is -0.497 e. The van der Waals surface area contributed by atoms with E-state index >= 15 is 0 Å². The monoisotopic (exact) mass is 288 g/mol. The highest BCUT2D eigenvalue weighted by atomic mass is 32.1. The van der Waals surface area contributed by atoms with Crippen LogP contribution in [0.2, 0.25) is 0 Å². The molecule has 0 fully saturated rings. The summed E-state index contributed by atoms with van der Waals surface area (Å²) in [5.41, 5.74) is 3.87. The molecular weight excluding hydrogens is 272 g/mol. The predicted molar refractivity (Wildman–Crippen MR) is 81.7 cm³/mol. The maximum atomic E-state index is 12.0. The van der Waals surface area contributed by atoms with E-state index in [0.29, 0.717) is 11.3 Å². The molecule has 0 bridgehead atoms. The number of carbonyl (C=O) groups is 1. The van der Waals surface area contributed by atoms with Gasteiger partial charge in [0.15, 0.2) is 0 Å². The molecule has 1 N–H and O–H groups in total. The first kappa shape index (κ1) is 14.3. The highest BCUT2D eigenvalue weighted by Crippen LogP contribution is 2.16. The van der Waals surface area contributed by atoms with Gasteiger partial charge in [-0.3, -0.25) is 4.79 Å². The van der Waals surface area contributed by atoms with Crippen LogP contribution in [0.25, 0.3) is 0 Å². The zero-order valence-electron chi connectivity index (χ0n) is 11.6. The molecule has 1 heterocycles. The first-order valence-electron chi connectivity index (χ1n) is 6.15. The van der Waals surface area contributed by atoms with Gasteiger partial charge in [-0.25, -0.2) is 5.43 Å². The standard InChI is InChI=1S/C15H16N2O2S/c1-10-7-8-14(20-10)11(2)16-17-15(18)12-5-4-6-13(9-12)19-3/h4-9H,1-3H3,(H,17,18). The Kier molecular flexibility index (Phi) is 4.53. The number of nitrogens with zero attached hydrogens (tertiary/aromatic N) is 1. The molecule has 0 aliphatic carbocycles. The minimum atomic E-state index is -0.253. The number of benzene rings is 1. The van der Waals surface area contributed by atoms with Crippen LogP contribution in [0.5, 0.6) is 5.75 Å². The lowest BCUT2D eigenvalue weighted by Gasteiger charge is -2.04. The largest absolute Gasteiger partial charge is 0.497 e. The Balaban J connectivity index is 2.07. The van der Waals surface area contributed by atoms with Gasteiger partial charge in [0.1, 0.15) is 5.75 Å². The summed E-state index contributed by atoms with van der Waals surface area (Å²) >= 11 is 1.65. The lowest BCUT2D eigenvalue weighted by Crippen LogP contribution is -2.19. The third kappa shape index (κ3) is 3.45. The molecule has 20 heavy (non-hydrogen) atoms. The van der Waals surface area contributed by atoms with Gasteiger partial charge < -0.3 is 4.74 Å². The molecule has 0 saturated carbocycles. The van der Waals surface area contributed by atoms with Crippen molar-refractivity contribution in [3.8, 4) is 5.75 Å². The molecule has 104 valence electrons. The van der Waals surface area contributed by atoms with E-state index in [0.717, 1.165) is 10.6 Å². The Morgan fingerprint density at radius 3 is 2.75 bits per heavy atom. The third-order valence-corrected chi connectivity index (χ3v) is 3.86. The van der Waals surface area contributed by atoms with Crippen LogP contribution in [0.1, 0.15) is 27.0 Å². The summed E-state index contributed by atoms with van der Waals surface area (Å²) in [6.45, 7) is 3.91. The van der Waals surface area contributed by atoms with Gasteiger partial charge in [0.25, 0.3) is 5.91 Å². The number of carbonyl (C=O) groups excluding carboxylic acids is 1. The molecule has 0 aliphatic heterocycles. The Labute approximate surface area is 122 Å². The second-order valence-electron chi connectivity index (χ2n) is 4.28. The average Bonchev–Trinajstić information content (AvgIpc) is 2.91. The number of hydrogen-bond acceptors (Lipinski definition) is 4. The Morgan fingerprint density at radius 2 is 2.10 bits per heavy atom. The highest BCUT2D eigenvalue weighted by molar-refractivity contribution is 7.14. The predicted octanol–water partition coefficient (Wildman–Crippen LogP) is 3.22. The molecule has 1 aromatic heterocycles. The number of methoxy groups -OCH3 is 1. The van der Waals surface area contributed by atoms with Crippen molar-refractivity contribution in [1.82, 2.24) is 5.43 Å². The van der Waals surface area contributed by atoms with Crippen molar-refractivity contribution < 1.29 is 9.53 Å². The van der Waals surface area contributed by atoms with E-state index < -0.39 is 0 Å². The van der Waals surface area contributed by atoms with Crippen LogP contribution in [-0.2, 0) is 0 Å². The smallest absolute Gasteiger partial charge is 0.271 e. The van der Waals surface area contributed by atoms with E-state index in [1.807, 2.05) is 26.0 Å². The minimum absolute atomic E-state index is 0.253. The quantitative estimate of drug-likeness (QED) is 0.693. The van der Waals surface area contributed by atoms with Crippen LogP contribution in [0.3, 0.4) is 0 Å². The fraction of sp³-hybridized carbons (Fsp3) is 0.200. The molecule has 0 spiro atoms. The summed E-state index contributed by atoms with van der Waals surface area (Å²) in [6, 6.07) is 11.0. The van der Waals surface area contributed by atoms with Gasteiger partial charge in [-0.2, -0.15) is 5.10 Å². The first-order valence-corrected chi connectivity index (χ1v) is 6.97. The molecule has 0 saturated heterocycles. The van der Waals surface area contributed by atoms with Gasteiger partial charge in [0.2, 0.25) is 0 Å². The van der Waals surface area contributed by atoms with Gasteiger partial charge in [-0.15, -0.1) is 11.3 Å². The lowest BCUT2D eigenvalue weighted by molar-refractivity contribution is 0.0954. The topological polar surface area (TPSA) is 50.7 Å². The zero-order valence-corrected chi connectivity index (χ0v) is 12.5.